The Morgan fingerprint density at radius 3 is 2.59 bits per heavy atom. The Kier molecular flexibility index (Phi) is 6.13. The van der Waals surface area contributed by atoms with E-state index in [1.165, 1.54) is 22.7 Å². The molecule has 3 aromatic rings. The topological polar surface area (TPSA) is 59.2 Å². The van der Waals surface area contributed by atoms with E-state index in [2.05, 4.69) is 10.2 Å². The van der Waals surface area contributed by atoms with Gasteiger partial charge in [0.05, 0.1) is 6.42 Å². The van der Waals surface area contributed by atoms with E-state index in [0.717, 1.165) is 5.56 Å². The van der Waals surface area contributed by atoms with Crippen LogP contribution in [0.2, 0.25) is 5.02 Å². The molecule has 0 aliphatic heterocycles. The van der Waals surface area contributed by atoms with Crippen molar-refractivity contribution in [1.29, 1.82) is 0 Å². The second-order valence-corrected chi connectivity index (χ2v) is 7.36. The fourth-order valence-electron chi connectivity index (χ4n) is 2.37. The summed E-state index contributed by atoms with van der Waals surface area (Å²) in [6, 6.07) is 11.9. The maximum Gasteiger partial charge on any atom is 0.276 e. The zero-order chi connectivity index (χ0) is 19.4. The Morgan fingerprint density at radius 2 is 1.93 bits per heavy atom. The Bertz CT molecular complexity index is 924. The molecule has 0 saturated heterocycles. The van der Waals surface area contributed by atoms with Crippen molar-refractivity contribution in [1.82, 2.24) is 15.1 Å². The second kappa shape index (κ2) is 8.54. The smallest absolute Gasteiger partial charge is 0.276 e. The summed E-state index contributed by atoms with van der Waals surface area (Å²) >= 11 is 7.39. The van der Waals surface area contributed by atoms with Gasteiger partial charge in [-0.05, 0) is 29.8 Å². The minimum Gasteiger partial charge on any atom is -0.416 e. The van der Waals surface area contributed by atoms with Crippen molar-refractivity contribution in [3.05, 3.63) is 75.9 Å². The van der Waals surface area contributed by atoms with E-state index in [4.69, 9.17) is 16.0 Å². The molecule has 1 heterocycles. The van der Waals surface area contributed by atoms with Crippen LogP contribution in [-0.4, -0.2) is 35.1 Å². The van der Waals surface area contributed by atoms with Crippen LogP contribution in [0.5, 0.6) is 0 Å². The molecular formula is C19H17ClFN3O2S. The summed E-state index contributed by atoms with van der Waals surface area (Å²) in [7, 11) is 3.43. The standard InChI is InChI=1S/C19H17ClFN3O2S/c1-24(2)18(25)13-8-6-12(7-9-13)11-27-19-23-22-17(26-19)10-14-15(20)4-3-5-16(14)21/h3-9H,10-11H2,1-2H3. The molecule has 0 radical (unpaired) electrons. The maximum absolute atomic E-state index is 13.8. The van der Waals surface area contributed by atoms with Gasteiger partial charge in [-0.15, -0.1) is 10.2 Å². The summed E-state index contributed by atoms with van der Waals surface area (Å²) < 4.78 is 19.4. The van der Waals surface area contributed by atoms with E-state index in [1.807, 2.05) is 12.1 Å². The average molecular weight is 406 g/mol. The number of nitrogens with zero attached hydrogens (tertiary/aromatic N) is 3. The number of aromatic nitrogens is 2. The van der Waals surface area contributed by atoms with Gasteiger partial charge in [-0.1, -0.05) is 41.6 Å². The van der Waals surface area contributed by atoms with Gasteiger partial charge in [-0.3, -0.25) is 4.79 Å². The van der Waals surface area contributed by atoms with E-state index < -0.39 is 5.82 Å². The van der Waals surface area contributed by atoms with Gasteiger partial charge >= 0.3 is 0 Å². The molecule has 1 amide bonds. The van der Waals surface area contributed by atoms with Crippen molar-refractivity contribution in [2.45, 2.75) is 17.4 Å². The van der Waals surface area contributed by atoms with Crippen molar-refractivity contribution in [2.24, 2.45) is 0 Å². The van der Waals surface area contributed by atoms with Gasteiger partial charge in [0.1, 0.15) is 5.82 Å². The van der Waals surface area contributed by atoms with E-state index in [0.29, 0.717) is 33.0 Å². The highest BCUT2D eigenvalue weighted by Crippen LogP contribution is 2.25. The van der Waals surface area contributed by atoms with E-state index in [-0.39, 0.29) is 12.3 Å². The molecule has 2 aromatic carbocycles. The second-order valence-electron chi connectivity index (χ2n) is 6.02. The molecule has 3 rings (SSSR count). The fraction of sp³-hybridized carbons (Fsp3) is 0.211. The fourth-order valence-corrected chi connectivity index (χ4v) is 3.33. The number of thioether (sulfide) groups is 1. The summed E-state index contributed by atoms with van der Waals surface area (Å²) in [6.07, 6.45) is 0.139. The Balaban J connectivity index is 1.61. The van der Waals surface area contributed by atoms with Crippen molar-refractivity contribution >= 4 is 29.3 Å². The third-order valence-corrected chi connectivity index (χ3v) is 5.05. The molecule has 0 N–H and O–H groups in total. The van der Waals surface area contributed by atoms with Gasteiger partial charge in [0, 0.05) is 36.0 Å². The quantitative estimate of drug-likeness (QED) is 0.567. The van der Waals surface area contributed by atoms with Gasteiger partial charge in [-0.2, -0.15) is 0 Å². The molecule has 0 aliphatic rings. The highest BCUT2D eigenvalue weighted by molar-refractivity contribution is 7.98. The molecule has 1 aromatic heterocycles. The lowest BCUT2D eigenvalue weighted by Gasteiger charge is -2.10. The summed E-state index contributed by atoms with van der Waals surface area (Å²) in [5.41, 5.74) is 1.99. The van der Waals surface area contributed by atoms with Crippen LogP contribution in [-0.2, 0) is 12.2 Å². The van der Waals surface area contributed by atoms with Gasteiger partial charge in [0.15, 0.2) is 0 Å². The minimum absolute atomic E-state index is 0.0393. The predicted octanol–water partition coefficient (Wildman–Crippen LogP) is 4.45. The van der Waals surface area contributed by atoms with Crippen LogP contribution in [0.3, 0.4) is 0 Å². The minimum atomic E-state index is -0.401. The van der Waals surface area contributed by atoms with Crippen LogP contribution >= 0.6 is 23.4 Å². The first-order valence-corrected chi connectivity index (χ1v) is 9.49. The Hall–Kier alpha value is -2.38. The Labute approximate surface area is 165 Å². The molecule has 140 valence electrons. The lowest BCUT2D eigenvalue weighted by atomic mass is 10.1. The molecule has 27 heavy (non-hydrogen) atoms. The maximum atomic E-state index is 13.8. The number of amides is 1. The van der Waals surface area contributed by atoms with Gasteiger partial charge in [-0.25, -0.2) is 4.39 Å². The highest BCUT2D eigenvalue weighted by atomic mass is 35.5. The van der Waals surface area contributed by atoms with Crippen LogP contribution in [0.25, 0.3) is 0 Å². The normalized spacial score (nSPS) is 10.8. The Morgan fingerprint density at radius 1 is 1.19 bits per heavy atom. The van der Waals surface area contributed by atoms with Crippen molar-refractivity contribution in [2.75, 3.05) is 14.1 Å². The predicted molar refractivity (Wildman–Crippen MR) is 103 cm³/mol. The van der Waals surface area contributed by atoms with E-state index in [9.17, 15) is 9.18 Å². The molecule has 0 atom stereocenters. The monoisotopic (exact) mass is 405 g/mol. The molecule has 0 unspecified atom stereocenters. The molecule has 0 saturated carbocycles. The average Bonchev–Trinajstić information content (AvgIpc) is 3.10. The summed E-state index contributed by atoms with van der Waals surface area (Å²) in [6.45, 7) is 0. The zero-order valence-corrected chi connectivity index (χ0v) is 16.4. The molecule has 0 fully saturated rings. The van der Waals surface area contributed by atoms with Gasteiger partial charge in [0.2, 0.25) is 5.89 Å². The number of benzene rings is 2. The van der Waals surface area contributed by atoms with E-state index in [1.54, 1.807) is 38.4 Å². The number of carbonyl (C=O) groups is 1. The summed E-state index contributed by atoms with van der Waals surface area (Å²) in [4.78, 5) is 13.4. The first-order valence-electron chi connectivity index (χ1n) is 8.12. The summed E-state index contributed by atoms with van der Waals surface area (Å²) in [5, 5.41) is 8.65. The van der Waals surface area contributed by atoms with E-state index >= 15 is 0 Å². The first-order chi connectivity index (χ1) is 12.9. The van der Waals surface area contributed by atoms with Gasteiger partial charge < -0.3 is 9.32 Å². The van der Waals surface area contributed by atoms with Crippen LogP contribution in [0, 0.1) is 5.82 Å². The number of hydrogen-bond donors (Lipinski definition) is 0. The third kappa shape index (κ3) is 4.87. The molecule has 0 bridgehead atoms. The largest absolute Gasteiger partial charge is 0.416 e. The first kappa shape index (κ1) is 19.4. The SMILES string of the molecule is CN(C)C(=O)c1ccc(CSc2nnc(Cc3c(F)cccc3Cl)o2)cc1. The zero-order valence-electron chi connectivity index (χ0n) is 14.8. The molecule has 0 aliphatic carbocycles. The molecule has 5 nitrogen and oxygen atoms in total. The molecule has 8 heteroatoms. The number of rotatable bonds is 6. The number of halogens is 2. The van der Waals surface area contributed by atoms with Crippen LogP contribution in [0.1, 0.15) is 27.4 Å². The summed E-state index contributed by atoms with van der Waals surface area (Å²) in [5.74, 6) is 0.472. The van der Waals surface area contributed by atoms with Gasteiger partial charge in [0.25, 0.3) is 11.1 Å². The number of hydrogen-bond acceptors (Lipinski definition) is 5. The lowest BCUT2D eigenvalue weighted by Crippen LogP contribution is -2.21. The van der Waals surface area contributed by atoms with Crippen molar-refractivity contribution < 1.29 is 13.6 Å². The lowest BCUT2D eigenvalue weighted by molar-refractivity contribution is 0.0827. The van der Waals surface area contributed by atoms with Crippen LogP contribution in [0.15, 0.2) is 52.1 Å². The number of carbonyl (C=O) groups excluding carboxylic acids is 1. The van der Waals surface area contributed by atoms with Crippen LogP contribution < -0.4 is 0 Å². The van der Waals surface area contributed by atoms with Crippen molar-refractivity contribution in [3.8, 4) is 0 Å². The third-order valence-electron chi connectivity index (χ3n) is 3.81. The van der Waals surface area contributed by atoms with Crippen molar-refractivity contribution in [3.63, 3.8) is 0 Å². The van der Waals surface area contributed by atoms with Crippen LogP contribution in [0.4, 0.5) is 4.39 Å². The molecular weight excluding hydrogens is 389 g/mol. The molecule has 0 spiro atoms. The highest BCUT2D eigenvalue weighted by Gasteiger charge is 2.13.